The molecule has 0 atom stereocenters. The summed E-state index contributed by atoms with van der Waals surface area (Å²) in [6.45, 7) is 0. The summed E-state index contributed by atoms with van der Waals surface area (Å²) in [4.78, 5) is 25.4. The number of benzene rings is 3. The molecule has 0 unspecified atom stereocenters. The molecular formula is C25H21NO6. The van der Waals surface area contributed by atoms with Gasteiger partial charge >= 0.3 is 0 Å². The Morgan fingerprint density at radius 3 is 2.41 bits per heavy atom. The Morgan fingerprint density at radius 2 is 1.66 bits per heavy atom. The Hall–Kier alpha value is -4.26. The van der Waals surface area contributed by atoms with E-state index < -0.39 is 0 Å². The zero-order chi connectivity index (χ0) is 22.7. The zero-order valence-corrected chi connectivity index (χ0v) is 17.8. The summed E-state index contributed by atoms with van der Waals surface area (Å²) >= 11 is 0. The SMILES string of the molecule is COc1cccc(C(=O)Nc2ccc3oc(-c4ccc(OC)c(OC)c4)cc(=O)c3c2)c1. The standard InChI is InChI=1S/C25H21NO6/c1-29-18-6-4-5-16(11-18)25(28)26-17-8-10-21-19(13-17)20(27)14-23(32-21)15-7-9-22(30-2)24(12-15)31-3/h4-14H,1-3H3,(H,26,28). The maximum atomic E-state index is 12.8. The third-order valence-corrected chi connectivity index (χ3v) is 4.98. The Labute approximate surface area is 184 Å². The summed E-state index contributed by atoms with van der Waals surface area (Å²) in [5.74, 6) is 1.78. The fourth-order valence-electron chi connectivity index (χ4n) is 3.33. The number of amides is 1. The maximum Gasteiger partial charge on any atom is 0.255 e. The monoisotopic (exact) mass is 431 g/mol. The Balaban J connectivity index is 1.65. The van der Waals surface area contributed by atoms with Crippen LogP contribution in [0.5, 0.6) is 17.2 Å². The number of carbonyl (C=O) groups is 1. The molecule has 4 rings (SSSR count). The summed E-state index contributed by atoms with van der Waals surface area (Å²) in [6, 6.07) is 18.4. The molecule has 4 aromatic rings. The fraction of sp³-hybridized carbons (Fsp3) is 0.120. The van der Waals surface area contributed by atoms with Crippen molar-refractivity contribution in [2.24, 2.45) is 0 Å². The summed E-state index contributed by atoms with van der Waals surface area (Å²) in [7, 11) is 4.63. The van der Waals surface area contributed by atoms with Crippen molar-refractivity contribution >= 4 is 22.6 Å². The van der Waals surface area contributed by atoms with Crippen LogP contribution in [0.3, 0.4) is 0 Å². The van der Waals surface area contributed by atoms with Crippen LogP contribution in [0.15, 0.2) is 75.9 Å². The van der Waals surface area contributed by atoms with Gasteiger partial charge in [-0.1, -0.05) is 6.07 Å². The van der Waals surface area contributed by atoms with Crippen LogP contribution in [0.25, 0.3) is 22.3 Å². The minimum absolute atomic E-state index is 0.228. The van der Waals surface area contributed by atoms with Gasteiger partial charge in [-0.25, -0.2) is 0 Å². The lowest BCUT2D eigenvalue weighted by Crippen LogP contribution is -2.12. The van der Waals surface area contributed by atoms with E-state index in [0.717, 1.165) is 0 Å². The molecule has 7 nitrogen and oxygen atoms in total. The van der Waals surface area contributed by atoms with Crippen molar-refractivity contribution in [3.8, 4) is 28.6 Å². The predicted octanol–water partition coefficient (Wildman–Crippen LogP) is 4.74. The summed E-state index contributed by atoms with van der Waals surface area (Å²) < 4.78 is 21.7. The highest BCUT2D eigenvalue weighted by Crippen LogP contribution is 2.33. The van der Waals surface area contributed by atoms with Gasteiger partial charge in [0.2, 0.25) is 0 Å². The summed E-state index contributed by atoms with van der Waals surface area (Å²) in [5.41, 5.74) is 1.78. The lowest BCUT2D eigenvalue weighted by molar-refractivity contribution is 0.102. The van der Waals surface area contributed by atoms with Gasteiger partial charge in [0.15, 0.2) is 16.9 Å². The molecule has 0 fully saturated rings. The van der Waals surface area contributed by atoms with Crippen molar-refractivity contribution < 1.29 is 23.4 Å². The highest BCUT2D eigenvalue weighted by Gasteiger charge is 2.13. The average Bonchev–Trinajstić information content (AvgIpc) is 2.83. The van der Waals surface area contributed by atoms with Gasteiger partial charge in [0.05, 0.1) is 26.7 Å². The first kappa shape index (κ1) is 21.0. The fourth-order valence-corrected chi connectivity index (χ4v) is 3.33. The number of ether oxygens (including phenoxy) is 3. The van der Waals surface area contributed by atoms with E-state index in [4.69, 9.17) is 18.6 Å². The first-order valence-corrected chi connectivity index (χ1v) is 9.78. The highest BCUT2D eigenvalue weighted by atomic mass is 16.5. The molecule has 32 heavy (non-hydrogen) atoms. The first-order valence-electron chi connectivity index (χ1n) is 9.78. The molecule has 0 spiro atoms. The van der Waals surface area contributed by atoms with E-state index in [1.165, 1.54) is 13.2 Å². The Bertz CT molecular complexity index is 1360. The molecule has 0 aliphatic heterocycles. The second-order valence-corrected chi connectivity index (χ2v) is 6.94. The van der Waals surface area contributed by atoms with Gasteiger partial charge < -0.3 is 23.9 Å². The van der Waals surface area contributed by atoms with Gasteiger partial charge in [0.1, 0.15) is 17.1 Å². The molecule has 0 aliphatic carbocycles. The van der Waals surface area contributed by atoms with Crippen LogP contribution >= 0.6 is 0 Å². The van der Waals surface area contributed by atoms with E-state index in [9.17, 15) is 9.59 Å². The third-order valence-electron chi connectivity index (χ3n) is 4.98. The second kappa shape index (κ2) is 8.85. The molecule has 1 aromatic heterocycles. The van der Waals surface area contributed by atoms with Crippen LogP contribution in [0, 0.1) is 0 Å². The topological polar surface area (TPSA) is 87.0 Å². The van der Waals surface area contributed by atoms with Crippen LogP contribution in [0.1, 0.15) is 10.4 Å². The summed E-state index contributed by atoms with van der Waals surface area (Å²) in [5, 5.41) is 3.16. The quantitative estimate of drug-likeness (QED) is 0.475. The number of nitrogens with one attached hydrogen (secondary N) is 1. The highest BCUT2D eigenvalue weighted by molar-refractivity contribution is 6.05. The van der Waals surface area contributed by atoms with E-state index in [-0.39, 0.29) is 11.3 Å². The smallest absolute Gasteiger partial charge is 0.255 e. The molecule has 1 heterocycles. The van der Waals surface area contributed by atoms with Gasteiger partial charge in [-0.15, -0.1) is 0 Å². The van der Waals surface area contributed by atoms with E-state index in [1.807, 2.05) is 0 Å². The third kappa shape index (κ3) is 4.13. The van der Waals surface area contributed by atoms with Gasteiger partial charge in [0, 0.05) is 22.9 Å². The molecule has 0 saturated carbocycles. The van der Waals surface area contributed by atoms with Crippen LogP contribution in [0.4, 0.5) is 5.69 Å². The van der Waals surface area contributed by atoms with Gasteiger partial charge in [0.25, 0.3) is 5.91 Å². The van der Waals surface area contributed by atoms with Crippen LogP contribution in [-0.4, -0.2) is 27.2 Å². The number of rotatable bonds is 6. The molecule has 7 heteroatoms. The number of methoxy groups -OCH3 is 3. The molecule has 0 radical (unpaired) electrons. The number of anilines is 1. The van der Waals surface area contributed by atoms with Gasteiger partial charge in [-0.05, 0) is 54.6 Å². The van der Waals surface area contributed by atoms with Crippen molar-refractivity contribution in [1.29, 1.82) is 0 Å². The van der Waals surface area contributed by atoms with Crippen molar-refractivity contribution in [3.05, 3.63) is 82.5 Å². The van der Waals surface area contributed by atoms with Crippen LogP contribution in [0.2, 0.25) is 0 Å². The van der Waals surface area contributed by atoms with Crippen molar-refractivity contribution in [1.82, 2.24) is 0 Å². The molecule has 3 aromatic carbocycles. The van der Waals surface area contributed by atoms with E-state index >= 15 is 0 Å². The molecule has 162 valence electrons. The number of fused-ring (bicyclic) bond motifs is 1. The minimum atomic E-state index is -0.311. The molecule has 0 saturated heterocycles. The maximum absolute atomic E-state index is 12.8. The van der Waals surface area contributed by atoms with E-state index in [0.29, 0.717) is 50.8 Å². The van der Waals surface area contributed by atoms with Crippen molar-refractivity contribution in [3.63, 3.8) is 0 Å². The lowest BCUT2D eigenvalue weighted by Gasteiger charge is -2.10. The zero-order valence-electron chi connectivity index (χ0n) is 17.8. The van der Waals surface area contributed by atoms with Crippen molar-refractivity contribution in [2.75, 3.05) is 26.6 Å². The van der Waals surface area contributed by atoms with Crippen molar-refractivity contribution in [2.45, 2.75) is 0 Å². The predicted molar refractivity (Wildman–Crippen MR) is 122 cm³/mol. The molecule has 1 amide bonds. The summed E-state index contributed by atoms with van der Waals surface area (Å²) in [6.07, 6.45) is 0. The average molecular weight is 431 g/mol. The Morgan fingerprint density at radius 1 is 0.844 bits per heavy atom. The van der Waals surface area contributed by atoms with Gasteiger partial charge in [-0.2, -0.15) is 0 Å². The minimum Gasteiger partial charge on any atom is -0.497 e. The number of hydrogen-bond donors (Lipinski definition) is 1. The van der Waals surface area contributed by atoms with E-state index in [2.05, 4.69) is 5.32 Å². The van der Waals surface area contributed by atoms with E-state index in [1.54, 1.807) is 74.9 Å². The molecule has 0 bridgehead atoms. The molecular weight excluding hydrogens is 410 g/mol. The van der Waals surface area contributed by atoms with Gasteiger partial charge in [-0.3, -0.25) is 9.59 Å². The Kier molecular flexibility index (Phi) is 5.81. The normalized spacial score (nSPS) is 10.6. The van der Waals surface area contributed by atoms with Crippen LogP contribution in [-0.2, 0) is 0 Å². The van der Waals surface area contributed by atoms with Crippen LogP contribution < -0.4 is 25.0 Å². The second-order valence-electron chi connectivity index (χ2n) is 6.94. The molecule has 1 N–H and O–H groups in total. The first-order chi connectivity index (χ1) is 15.5. The largest absolute Gasteiger partial charge is 0.497 e. The number of carbonyl (C=O) groups excluding carboxylic acids is 1. The lowest BCUT2D eigenvalue weighted by atomic mass is 10.1. The molecule has 0 aliphatic rings. The number of hydrogen-bond acceptors (Lipinski definition) is 6.